The Labute approximate surface area is 130 Å². The fourth-order valence-corrected chi connectivity index (χ4v) is 5.18. The summed E-state index contributed by atoms with van der Waals surface area (Å²) in [5, 5.41) is 4.90. The zero-order valence-electron chi connectivity index (χ0n) is 12.4. The van der Waals surface area contributed by atoms with Gasteiger partial charge in [0.25, 0.3) is 10.0 Å². The maximum atomic E-state index is 12.7. The van der Waals surface area contributed by atoms with E-state index in [0.29, 0.717) is 17.1 Å². The van der Waals surface area contributed by atoms with E-state index in [9.17, 15) is 8.42 Å². The lowest BCUT2D eigenvalue weighted by atomic mass is 10.1. The van der Waals surface area contributed by atoms with Crippen LogP contribution < -0.4 is 10.0 Å². The molecule has 0 aliphatic heterocycles. The first kappa shape index (κ1) is 16.0. The topological polar surface area (TPSA) is 58.2 Å². The molecule has 0 fully saturated rings. The van der Waals surface area contributed by atoms with Crippen molar-refractivity contribution >= 4 is 27.0 Å². The second-order valence-corrected chi connectivity index (χ2v) is 7.40. The number of nitrogens with one attached hydrogen (secondary N) is 2. The molecule has 0 saturated heterocycles. The Morgan fingerprint density at radius 1 is 1.24 bits per heavy atom. The van der Waals surface area contributed by atoms with E-state index in [-0.39, 0.29) is 0 Å². The summed E-state index contributed by atoms with van der Waals surface area (Å²) in [6, 6.07) is 7.49. The van der Waals surface area contributed by atoms with Gasteiger partial charge in [-0.15, -0.1) is 11.3 Å². The fraction of sp³-hybridized carbons (Fsp3) is 0.333. The molecule has 0 radical (unpaired) electrons. The average molecular weight is 324 g/mol. The minimum Gasteiger partial charge on any atom is -0.315 e. The molecule has 0 bridgehead atoms. The number of hydrogen-bond acceptors (Lipinski definition) is 4. The van der Waals surface area contributed by atoms with E-state index in [4.69, 9.17) is 0 Å². The molecule has 2 N–H and O–H groups in total. The van der Waals surface area contributed by atoms with Crippen LogP contribution in [-0.2, 0) is 23.0 Å². The van der Waals surface area contributed by atoms with Crippen LogP contribution in [0.25, 0.3) is 0 Å². The van der Waals surface area contributed by atoms with E-state index in [0.717, 1.165) is 22.4 Å². The Kier molecular flexibility index (Phi) is 5.03. The second-order valence-electron chi connectivity index (χ2n) is 4.82. The summed E-state index contributed by atoms with van der Waals surface area (Å²) in [4.78, 5) is 1.23. The summed E-state index contributed by atoms with van der Waals surface area (Å²) in [7, 11) is -1.75. The van der Waals surface area contributed by atoms with Crippen molar-refractivity contribution in [2.24, 2.45) is 0 Å². The molecule has 2 rings (SSSR count). The van der Waals surface area contributed by atoms with Crippen molar-refractivity contribution in [1.82, 2.24) is 5.32 Å². The van der Waals surface area contributed by atoms with Gasteiger partial charge in [0.15, 0.2) is 0 Å². The molecule has 4 nitrogen and oxygen atoms in total. The summed E-state index contributed by atoms with van der Waals surface area (Å²) < 4.78 is 28.2. The first-order valence-electron chi connectivity index (χ1n) is 6.82. The highest BCUT2D eigenvalue weighted by Crippen LogP contribution is 2.29. The molecule has 1 aromatic carbocycles. The minimum atomic E-state index is -3.57. The molecule has 0 atom stereocenters. The van der Waals surface area contributed by atoms with E-state index in [1.807, 2.05) is 44.5 Å². The first-order valence-corrected chi connectivity index (χ1v) is 9.18. The molecule has 1 heterocycles. The molecule has 0 spiro atoms. The van der Waals surface area contributed by atoms with Crippen LogP contribution in [-0.4, -0.2) is 15.5 Å². The van der Waals surface area contributed by atoms with E-state index in [1.54, 1.807) is 6.07 Å². The number of sulfonamides is 1. The predicted molar refractivity (Wildman–Crippen MR) is 88.4 cm³/mol. The zero-order valence-corrected chi connectivity index (χ0v) is 14.1. The molecular weight excluding hydrogens is 304 g/mol. The van der Waals surface area contributed by atoms with Gasteiger partial charge < -0.3 is 5.32 Å². The normalized spacial score (nSPS) is 11.6. The summed E-state index contributed by atoms with van der Waals surface area (Å²) in [5.41, 5.74) is 2.43. The summed E-state index contributed by atoms with van der Waals surface area (Å²) in [5.74, 6) is 0. The van der Waals surface area contributed by atoms with Crippen molar-refractivity contribution in [2.75, 3.05) is 11.8 Å². The summed E-state index contributed by atoms with van der Waals surface area (Å²) in [6.45, 7) is 4.38. The average Bonchev–Trinajstić information content (AvgIpc) is 2.81. The van der Waals surface area contributed by atoms with Crippen molar-refractivity contribution in [3.8, 4) is 0 Å². The van der Waals surface area contributed by atoms with E-state index in [1.165, 1.54) is 11.3 Å². The Balaban J connectivity index is 2.41. The van der Waals surface area contributed by atoms with Gasteiger partial charge in [-0.2, -0.15) is 0 Å². The Bertz CT molecular complexity index is 721. The highest BCUT2D eigenvalue weighted by molar-refractivity contribution is 7.93. The third-order valence-electron chi connectivity index (χ3n) is 3.24. The fourth-order valence-electron chi connectivity index (χ4n) is 2.25. The predicted octanol–water partition coefficient (Wildman–Crippen LogP) is 3.14. The van der Waals surface area contributed by atoms with Crippen LogP contribution >= 0.6 is 11.3 Å². The number of aryl methyl sites for hydroxylation is 2. The monoisotopic (exact) mass is 324 g/mol. The van der Waals surface area contributed by atoms with E-state index < -0.39 is 10.0 Å². The first-order chi connectivity index (χ1) is 9.99. The molecule has 0 aliphatic carbocycles. The maximum absolute atomic E-state index is 12.7. The van der Waals surface area contributed by atoms with Crippen LogP contribution in [0.4, 0.5) is 5.69 Å². The standard InChI is InChI=1S/C15H20N2O2S2/c1-4-12-7-5-6-8-13(12)17-21(18,19)15-11(2)10-20-14(15)9-16-3/h5-8,10,16-17H,4,9H2,1-3H3. The van der Waals surface area contributed by atoms with Crippen LogP contribution in [0.5, 0.6) is 0 Å². The van der Waals surface area contributed by atoms with Crippen LogP contribution in [0.3, 0.4) is 0 Å². The van der Waals surface area contributed by atoms with Gasteiger partial charge in [0.1, 0.15) is 4.90 Å². The Hall–Kier alpha value is -1.37. The van der Waals surface area contributed by atoms with Crippen LogP contribution in [0.1, 0.15) is 22.9 Å². The summed E-state index contributed by atoms with van der Waals surface area (Å²) in [6.07, 6.45) is 0.782. The molecule has 0 saturated carbocycles. The number of thiophene rings is 1. The van der Waals surface area contributed by atoms with Gasteiger partial charge in [-0.1, -0.05) is 25.1 Å². The SMILES string of the molecule is CCc1ccccc1NS(=O)(=O)c1c(C)csc1CNC. The smallest absolute Gasteiger partial charge is 0.263 e. The zero-order chi connectivity index (χ0) is 15.5. The quantitative estimate of drug-likeness (QED) is 0.858. The minimum absolute atomic E-state index is 0.396. The second kappa shape index (κ2) is 6.60. The lowest BCUT2D eigenvalue weighted by Crippen LogP contribution is -2.17. The van der Waals surface area contributed by atoms with Crippen molar-refractivity contribution < 1.29 is 8.42 Å². The van der Waals surface area contributed by atoms with Crippen LogP contribution in [0.15, 0.2) is 34.5 Å². The molecule has 21 heavy (non-hydrogen) atoms. The molecule has 0 aliphatic rings. The van der Waals surface area contributed by atoms with Gasteiger partial charge in [-0.3, -0.25) is 4.72 Å². The molecule has 0 unspecified atom stereocenters. The molecule has 1 aromatic heterocycles. The number of rotatable bonds is 6. The molecule has 0 amide bonds. The number of anilines is 1. The number of benzene rings is 1. The van der Waals surface area contributed by atoms with Gasteiger partial charge >= 0.3 is 0 Å². The maximum Gasteiger partial charge on any atom is 0.263 e. The molecule has 2 aromatic rings. The van der Waals surface area contributed by atoms with Gasteiger partial charge in [0.2, 0.25) is 0 Å². The van der Waals surface area contributed by atoms with Gasteiger partial charge in [0.05, 0.1) is 5.69 Å². The highest BCUT2D eigenvalue weighted by atomic mass is 32.2. The van der Waals surface area contributed by atoms with Gasteiger partial charge in [0, 0.05) is 11.4 Å². The lowest BCUT2D eigenvalue weighted by Gasteiger charge is -2.13. The third kappa shape index (κ3) is 3.45. The largest absolute Gasteiger partial charge is 0.315 e. The van der Waals surface area contributed by atoms with Crippen LogP contribution in [0, 0.1) is 6.92 Å². The van der Waals surface area contributed by atoms with E-state index >= 15 is 0 Å². The van der Waals surface area contributed by atoms with Crippen molar-refractivity contribution in [3.63, 3.8) is 0 Å². The summed E-state index contributed by atoms with van der Waals surface area (Å²) >= 11 is 1.47. The highest BCUT2D eigenvalue weighted by Gasteiger charge is 2.23. The Morgan fingerprint density at radius 2 is 1.95 bits per heavy atom. The van der Waals surface area contributed by atoms with Crippen molar-refractivity contribution in [1.29, 1.82) is 0 Å². The Morgan fingerprint density at radius 3 is 2.62 bits per heavy atom. The van der Waals surface area contributed by atoms with Crippen LogP contribution in [0.2, 0.25) is 0 Å². The molecular formula is C15H20N2O2S2. The molecule has 114 valence electrons. The molecule has 6 heteroatoms. The van der Waals surface area contributed by atoms with Crippen molar-refractivity contribution in [3.05, 3.63) is 45.6 Å². The third-order valence-corrected chi connectivity index (χ3v) is 6.07. The van der Waals surface area contributed by atoms with Gasteiger partial charge in [-0.05, 0) is 43.0 Å². The lowest BCUT2D eigenvalue weighted by molar-refractivity contribution is 0.599. The number of para-hydroxylation sites is 1. The van der Waals surface area contributed by atoms with Gasteiger partial charge in [-0.25, -0.2) is 8.42 Å². The van der Waals surface area contributed by atoms with E-state index in [2.05, 4.69) is 10.0 Å². The van der Waals surface area contributed by atoms with Crippen molar-refractivity contribution in [2.45, 2.75) is 31.7 Å². The number of hydrogen-bond donors (Lipinski definition) is 2.